The molecule has 0 aliphatic carbocycles. The van der Waals surface area contributed by atoms with Crippen LogP contribution in [0.25, 0.3) is 11.3 Å². The number of ketones is 2. The maximum Gasteiger partial charge on any atom is 0.181 e. The number of halogens is 1. The van der Waals surface area contributed by atoms with Gasteiger partial charge in [-0.25, -0.2) is 4.98 Å². The van der Waals surface area contributed by atoms with E-state index in [2.05, 4.69) is 9.97 Å². The maximum absolute atomic E-state index is 12.5. The Morgan fingerprint density at radius 1 is 0.966 bits per heavy atom. The van der Waals surface area contributed by atoms with Crippen molar-refractivity contribution in [3.05, 3.63) is 82.8 Å². The lowest BCUT2D eigenvalue weighted by Crippen LogP contribution is -2.10. The molecule has 0 fully saturated rings. The number of carbonyl (C=O) groups is 2. The molecule has 0 N–H and O–H groups in total. The lowest BCUT2D eigenvalue weighted by molar-refractivity contribution is 0.0962. The summed E-state index contributed by atoms with van der Waals surface area (Å²) in [6.07, 6.45) is 3.08. The third-order valence-corrected chi connectivity index (χ3v) is 4.74. The van der Waals surface area contributed by atoms with E-state index in [9.17, 15) is 9.59 Å². The average Bonchev–Trinajstić information content (AvgIpc) is 2.72. The normalized spacial score (nSPS) is 10.9. The molecule has 0 saturated heterocycles. The van der Waals surface area contributed by atoms with Crippen molar-refractivity contribution in [1.82, 2.24) is 9.97 Å². The molecule has 0 aliphatic rings. The molecule has 0 spiro atoms. The first-order valence-corrected chi connectivity index (χ1v) is 10.0. The van der Waals surface area contributed by atoms with Gasteiger partial charge in [0.2, 0.25) is 0 Å². The van der Waals surface area contributed by atoms with E-state index in [-0.39, 0.29) is 17.5 Å². The van der Waals surface area contributed by atoms with Crippen LogP contribution in [0.2, 0.25) is 5.02 Å². The molecule has 2 aromatic heterocycles. The summed E-state index contributed by atoms with van der Waals surface area (Å²) in [5, 5.41) is 0.667. The minimum atomic E-state index is -0.0804. The molecule has 0 unspecified atom stereocenters. The molecule has 0 aliphatic heterocycles. The van der Waals surface area contributed by atoms with Crippen molar-refractivity contribution < 1.29 is 9.59 Å². The molecular weight excluding hydrogens is 384 g/mol. The number of nitrogens with zero attached hydrogens (tertiary/aromatic N) is 2. The first kappa shape index (κ1) is 20.9. The smallest absolute Gasteiger partial charge is 0.181 e. The molecule has 3 aromatic rings. The van der Waals surface area contributed by atoms with E-state index in [1.807, 2.05) is 50.2 Å². The molecule has 0 bridgehead atoms. The Balaban J connectivity index is 1.63. The Labute approximate surface area is 176 Å². The summed E-state index contributed by atoms with van der Waals surface area (Å²) in [4.78, 5) is 33.5. The van der Waals surface area contributed by atoms with Crippen molar-refractivity contribution in [1.29, 1.82) is 0 Å². The molecule has 3 rings (SSSR count). The highest BCUT2D eigenvalue weighted by Gasteiger charge is 2.14. The Kier molecular flexibility index (Phi) is 6.89. The lowest BCUT2D eigenvalue weighted by Gasteiger charge is -2.06. The summed E-state index contributed by atoms with van der Waals surface area (Å²) in [6, 6.07) is 16.5. The molecule has 4 nitrogen and oxygen atoms in total. The predicted molar refractivity (Wildman–Crippen MR) is 115 cm³/mol. The molecule has 2 heterocycles. The average molecular weight is 407 g/mol. The summed E-state index contributed by atoms with van der Waals surface area (Å²) in [5.41, 5.74) is 3.45. The van der Waals surface area contributed by atoms with Crippen LogP contribution >= 0.6 is 11.6 Å². The lowest BCUT2D eigenvalue weighted by atomic mass is 10.0. The summed E-state index contributed by atoms with van der Waals surface area (Å²) < 4.78 is 0. The Hall–Kier alpha value is -2.85. The first-order chi connectivity index (χ1) is 13.9. The number of pyridine rings is 2. The van der Waals surface area contributed by atoms with E-state index in [0.717, 1.165) is 16.8 Å². The minimum absolute atomic E-state index is 0.0320. The highest BCUT2D eigenvalue weighted by molar-refractivity contribution is 6.30. The van der Waals surface area contributed by atoms with Crippen LogP contribution in [0, 0.1) is 5.92 Å². The van der Waals surface area contributed by atoms with Gasteiger partial charge >= 0.3 is 0 Å². The Morgan fingerprint density at radius 3 is 2.34 bits per heavy atom. The Bertz CT molecular complexity index is 1010. The second-order valence-corrected chi connectivity index (χ2v) is 7.85. The van der Waals surface area contributed by atoms with E-state index in [4.69, 9.17) is 11.6 Å². The highest BCUT2D eigenvalue weighted by atomic mass is 35.5. The Morgan fingerprint density at radius 2 is 1.69 bits per heavy atom. The fraction of sp³-hybridized carbons (Fsp3) is 0.250. The zero-order chi connectivity index (χ0) is 20.8. The molecule has 1 aromatic carbocycles. The number of benzene rings is 1. The van der Waals surface area contributed by atoms with E-state index < -0.39 is 0 Å². The zero-order valence-corrected chi connectivity index (χ0v) is 17.3. The largest absolute Gasteiger partial charge is 0.292 e. The topological polar surface area (TPSA) is 59.9 Å². The third-order valence-electron chi connectivity index (χ3n) is 4.50. The SMILES string of the molecule is CC(C)CC(=O)c1cccc(C(=O)CCc2ccc(-c3cccc(Cl)c3)nc2)n1. The number of rotatable bonds is 8. The van der Waals surface area contributed by atoms with E-state index in [1.165, 1.54) is 0 Å². The minimum Gasteiger partial charge on any atom is -0.292 e. The van der Waals surface area contributed by atoms with Crippen molar-refractivity contribution in [3.8, 4) is 11.3 Å². The van der Waals surface area contributed by atoms with Crippen LogP contribution in [-0.4, -0.2) is 21.5 Å². The number of hydrogen-bond acceptors (Lipinski definition) is 4. The van der Waals surface area contributed by atoms with E-state index in [1.54, 1.807) is 24.4 Å². The fourth-order valence-electron chi connectivity index (χ4n) is 3.00. The zero-order valence-electron chi connectivity index (χ0n) is 16.6. The van der Waals surface area contributed by atoms with Crippen molar-refractivity contribution in [2.45, 2.75) is 33.1 Å². The van der Waals surface area contributed by atoms with Gasteiger partial charge in [-0.05, 0) is 48.2 Å². The molecule has 0 radical (unpaired) electrons. The van der Waals surface area contributed by atoms with E-state index >= 15 is 0 Å². The van der Waals surface area contributed by atoms with Crippen molar-refractivity contribution in [2.75, 3.05) is 0 Å². The van der Waals surface area contributed by atoms with Crippen LogP contribution in [0.3, 0.4) is 0 Å². The van der Waals surface area contributed by atoms with Gasteiger partial charge < -0.3 is 0 Å². The van der Waals surface area contributed by atoms with Crippen molar-refractivity contribution >= 4 is 23.2 Å². The summed E-state index contributed by atoms with van der Waals surface area (Å²) >= 11 is 6.03. The molecular formula is C24H23ClN2O2. The summed E-state index contributed by atoms with van der Waals surface area (Å²) in [5.74, 6) is 0.143. The highest BCUT2D eigenvalue weighted by Crippen LogP contribution is 2.21. The van der Waals surface area contributed by atoms with Gasteiger partial charge in [-0.2, -0.15) is 0 Å². The molecule has 0 atom stereocenters. The van der Waals surface area contributed by atoms with Crippen LogP contribution in [-0.2, 0) is 6.42 Å². The molecule has 29 heavy (non-hydrogen) atoms. The standard InChI is InChI=1S/C24H23ClN2O2/c1-16(2)13-24(29)22-8-4-7-21(27-22)23(28)12-10-17-9-11-20(26-15-17)18-5-3-6-19(25)14-18/h3-9,11,14-16H,10,12-13H2,1-2H3. The van der Waals surface area contributed by atoms with Crippen LogP contribution in [0.15, 0.2) is 60.8 Å². The van der Waals surface area contributed by atoms with Gasteiger partial charge in [-0.1, -0.05) is 49.7 Å². The van der Waals surface area contributed by atoms with E-state index in [0.29, 0.717) is 35.7 Å². The monoisotopic (exact) mass is 406 g/mol. The summed E-state index contributed by atoms with van der Waals surface area (Å²) in [7, 11) is 0. The number of hydrogen-bond donors (Lipinski definition) is 0. The number of aryl methyl sites for hydroxylation is 1. The van der Waals surface area contributed by atoms with Crippen LogP contribution < -0.4 is 0 Å². The first-order valence-electron chi connectivity index (χ1n) is 9.66. The van der Waals surface area contributed by atoms with Gasteiger partial charge in [0.1, 0.15) is 11.4 Å². The van der Waals surface area contributed by atoms with Gasteiger partial charge in [0.25, 0.3) is 0 Å². The van der Waals surface area contributed by atoms with Gasteiger partial charge in [0.15, 0.2) is 11.6 Å². The van der Waals surface area contributed by atoms with Crippen LogP contribution in [0.1, 0.15) is 53.2 Å². The molecule has 0 saturated carbocycles. The van der Waals surface area contributed by atoms with Gasteiger partial charge in [-0.3, -0.25) is 14.6 Å². The van der Waals surface area contributed by atoms with Gasteiger partial charge in [0, 0.05) is 29.6 Å². The van der Waals surface area contributed by atoms with Gasteiger partial charge in [-0.15, -0.1) is 0 Å². The van der Waals surface area contributed by atoms with Crippen LogP contribution in [0.5, 0.6) is 0 Å². The van der Waals surface area contributed by atoms with Crippen molar-refractivity contribution in [3.63, 3.8) is 0 Å². The van der Waals surface area contributed by atoms with Gasteiger partial charge in [0.05, 0.1) is 5.69 Å². The summed E-state index contributed by atoms with van der Waals surface area (Å²) in [6.45, 7) is 3.97. The quantitative estimate of drug-likeness (QED) is 0.441. The molecule has 5 heteroatoms. The number of Topliss-reactive ketones (excluding diaryl/α,β-unsaturated/α-hetero) is 2. The van der Waals surface area contributed by atoms with Crippen LogP contribution in [0.4, 0.5) is 0 Å². The molecule has 148 valence electrons. The third kappa shape index (κ3) is 5.81. The number of carbonyl (C=O) groups excluding carboxylic acids is 2. The number of aromatic nitrogens is 2. The fourth-order valence-corrected chi connectivity index (χ4v) is 3.19. The predicted octanol–water partition coefficient (Wildman–Crippen LogP) is 5.84. The maximum atomic E-state index is 12.5. The molecule has 0 amide bonds. The second kappa shape index (κ2) is 9.57. The second-order valence-electron chi connectivity index (χ2n) is 7.41. The van der Waals surface area contributed by atoms with Crippen molar-refractivity contribution in [2.24, 2.45) is 5.92 Å².